The smallest absolute Gasteiger partial charge is 0.237 e. The minimum Gasteiger partial charge on any atom is -0.344 e. The molecule has 18 heavy (non-hydrogen) atoms. The Balaban J connectivity index is 2.35. The Morgan fingerprint density at radius 3 is 2.44 bits per heavy atom. The molecule has 0 aromatic carbocycles. The lowest BCUT2D eigenvalue weighted by Crippen LogP contribution is -2.48. The highest BCUT2D eigenvalue weighted by Crippen LogP contribution is 2.25. The second-order valence-corrected chi connectivity index (χ2v) is 5.35. The van der Waals surface area contributed by atoms with Crippen molar-refractivity contribution in [3.05, 3.63) is 0 Å². The van der Waals surface area contributed by atoms with Crippen LogP contribution in [-0.2, 0) is 4.79 Å². The molecular weight excluding hydrogens is 224 g/mol. The maximum Gasteiger partial charge on any atom is 0.237 e. The van der Waals surface area contributed by atoms with Crippen LogP contribution in [0.25, 0.3) is 0 Å². The summed E-state index contributed by atoms with van der Waals surface area (Å²) >= 11 is 0. The highest BCUT2D eigenvalue weighted by Gasteiger charge is 2.22. The monoisotopic (exact) mass is 250 g/mol. The lowest BCUT2D eigenvalue weighted by molar-refractivity contribution is -0.122. The predicted molar refractivity (Wildman–Crippen MR) is 75.1 cm³/mol. The summed E-state index contributed by atoms with van der Waals surface area (Å²) in [4.78, 5) is 11.7. The van der Waals surface area contributed by atoms with Crippen molar-refractivity contribution >= 4 is 5.91 Å². The van der Waals surface area contributed by atoms with E-state index < -0.39 is 0 Å². The Bertz CT molecular complexity index is 287. The summed E-state index contributed by atoms with van der Waals surface area (Å²) in [7, 11) is 0. The molecule has 3 heteroatoms. The van der Waals surface area contributed by atoms with Crippen LogP contribution in [0.3, 0.4) is 0 Å². The van der Waals surface area contributed by atoms with Crippen LogP contribution >= 0.6 is 0 Å². The van der Waals surface area contributed by atoms with Gasteiger partial charge >= 0.3 is 0 Å². The fourth-order valence-electron chi connectivity index (χ4n) is 2.71. The van der Waals surface area contributed by atoms with Crippen molar-refractivity contribution < 1.29 is 4.79 Å². The van der Waals surface area contributed by atoms with Gasteiger partial charge < -0.3 is 10.6 Å². The molecule has 1 amide bonds. The van der Waals surface area contributed by atoms with Gasteiger partial charge in [0.15, 0.2) is 0 Å². The molecule has 0 bridgehead atoms. The number of hydrogen-bond donors (Lipinski definition) is 2. The molecule has 102 valence electrons. The van der Waals surface area contributed by atoms with E-state index in [4.69, 9.17) is 6.42 Å². The van der Waals surface area contributed by atoms with E-state index in [2.05, 4.69) is 23.5 Å². The average Bonchev–Trinajstić information content (AvgIpc) is 2.64. The van der Waals surface area contributed by atoms with Gasteiger partial charge in [0.25, 0.3) is 0 Å². The number of hydrogen-bond acceptors (Lipinski definition) is 2. The number of nitrogens with one attached hydrogen (secondary N) is 2. The van der Waals surface area contributed by atoms with Crippen molar-refractivity contribution in [3.8, 4) is 12.3 Å². The van der Waals surface area contributed by atoms with Gasteiger partial charge in [-0.3, -0.25) is 4.79 Å². The Hall–Kier alpha value is -1.01. The molecule has 0 spiro atoms. The molecule has 1 fully saturated rings. The third-order valence-corrected chi connectivity index (χ3v) is 3.88. The Labute approximate surface area is 111 Å². The second kappa shape index (κ2) is 8.16. The summed E-state index contributed by atoms with van der Waals surface area (Å²) in [5.74, 6) is 3.12. The van der Waals surface area contributed by atoms with Crippen LogP contribution in [0.5, 0.6) is 0 Å². The van der Waals surface area contributed by atoms with Gasteiger partial charge in [-0.25, -0.2) is 0 Å². The molecule has 1 aliphatic carbocycles. The van der Waals surface area contributed by atoms with Crippen molar-refractivity contribution in [1.82, 2.24) is 10.6 Å². The highest BCUT2D eigenvalue weighted by atomic mass is 16.2. The van der Waals surface area contributed by atoms with E-state index in [-0.39, 0.29) is 11.9 Å². The van der Waals surface area contributed by atoms with Crippen LogP contribution in [0.4, 0.5) is 0 Å². The number of terminal acetylenes is 1. The lowest BCUT2D eigenvalue weighted by Gasteiger charge is -2.26. The Morgan fingerprint density at radius 1 is 1.28 bits per heavy atom. The Kier molecular flexibility index (Phi) is 6.82. The van der Waals surface area contributed by atoms with Crippen LogP contribution in [0.2, 0.25) is 0 Å². The summed E-state index contributed by atoms with van der Waals surface area (Å²) in [6.07, 6.45) is 13.1. The number of amides is 1. The van der Waals surface area contributed by atoms with Crippen LogP contribution in [0.15, 0.2) is 0 Å². The van der Waals surface area contributed by atoms with Crippen molar-refractivity contribution in [1.29, 1.82) is 0 Å². The van der Waals surface area contributed by atoms with Gasteiger partial charge in [-0.15, -0.1) is 6.42 Å². The highest BCUT2D eigenvalue weighted by molar-refractivity contribution is 5.81. The van der Waals surface area contributed by atoms with Crippen LogP contribution in [0, 0.1) is 18.3 Å². The van der Waals surface area contributed by atoms with Gasteiger partial charge in [0.05, 0.1) is 12.6 Å². The first kappa shape index (κ1) is 15.0. The van der Waals surface area contributed by atoms with E-state index in [1.807, 2.05) is 6.92 Å². The molecule has 0 aliphatic heterocycles. The van der Waals surface area contributed by atoms with Gasteiger partial charge in [-0.1, -0.05) is 31.6 Å². The average molecular weight is 250 g/mol. The first-order chi connectivity index (χ1) is 8.65. The zero-order chi connectivity index (χ0) is 13.4. The van der Waals surface area contributed by atoms with Gasteiger partial charge in [0, 0.05) is 6.04 Å². The summed E-state index contributed by atoms with van der Waals surface area (Å²) in [6, 6.07) is 0.228. The van der Waals surface area contributed by atoms with Crippen molar-refractivity contribution in [2.24, 2.45) is 5.92 Å². The fraction of sp³-hybridized carbons (Fsp3) is 0.800. The third kappa shape index (κ3) is 5.10. The van der Waals surface area contributed by atoms with E-state index in [0.717, 1.165) is 0 Å². The topological polar surface area (TPSA) is 41.1 Å². The minimum absolute atomic E-state index is 0.00609. The number of rotatable bonds is 5. The molecule has 1 saturated carbocycles. The first-order valence-corrected chi connectivity index (χ1v) is 7.12. The molecular formula is C15H26N2O. The minimum atomic E-state index is -0.170. The van der Waals surface area contributed by atoms with Crippen molar-refractivity contribution in [2.45, 2.75) is 64.5 Å². The Morgan fingerprint density at radius 2 is 1.89 bits per heavy atom. The van der Waals surface area contributed by atoms with Gasteiger partial charge in [0.2, 0.25) is 5.91 Å². The van der Waals surface area contributed by atoms with E-state index >= 15 is 0 Å². The molecule has 0 aromatic heterocycles. The van der Waals surface area contributed by atoms with Crippen LogP contribution < -0.4 is 10.6 Å². The van der Waals surface area contributed by atoms with Gasteiger partial charge in [-0.2, -0.15) is 0 Å². The molecule has 0 saturated heterocycles. The lowest BCUT2D eigenvalue weighted by atomic mass is 9.92. The molecule has 0 heterocycles. The molecule has 2 N–H and O–H groups in total. The van der Waals surface area contributed by atoms with E-state index in [1.165, 1.54) is 38.5 Å². The molecule has 3 nitrogen and oxygen atoms in total. The summed E-state index contributed by atoms with van der Waals surface area (Å²) in [6.45, 7) is 4.41. The van der Waals surface area contributed by atoms with E-state index in [9.17, 15) is 4.79 Å². The summed E-state index contributed by atoms with van der Waals surface area (Å²) < 4.78 is 0. The van der Waals surface area contributed by atoms with Crippen LogP contribution in [0.1, 0.15) is 52.4 Å². The summed E-state index contributed by atoms with van der Waals surface area (Å²) in [5.41, 5.74) is 0. The standard InChI is InChI=1S/C15H26N2O/c1-4-11-16-15(18)13(3)17-12(2)14-9-7-5-6-8-10-14/h1,12-14,17H,5-11H2,2-3H3,(H,16,18)/t12-,13?/m1/s1. The fourth-order valence-corrected chi connectivity index (χ4v) is 2.71. The van der Waals surface area contributed by atoms with Gasteiger partial charge in [0.1, 0.15) is 0 Å². The predicted octanol–water partition coefficient (Wildman–Crippen LogP) is 2.07. The molecule has 2 atom stereocenters. The largest absolute Gasteiger partial charge is 0.344 e. The van der Waals surface area contributed by atoms with E-state index in [0.29, 0.717) is 18.5 Å². The zero-order valence-electron chi connectivity index (χ0n) is 11.7. The third-order valence-electron chi connectivity index (χ3n) is 3.88. The summed E-state index contributed by atoms with van der Waals surface area (Å²) in [5, 5.41) is 6.12. The zero-order valence-corrected chi connectivity index (χ0v) is 11.7. The molecule has 0 aromatic rings. The number of carbonyl (C=O) groups is 1. The normalized spacial score (nSPS) is 20.5. The molecule has 1 rings (SSSR count). The maximum atomic E-state index is 11.7. The van der Waals surface area contributed by atoms with Crippen molar-refractivity contribution in [2.75, 3.05) is 6.54 Å². The first-order valence-electron chi connectivity index (χ1n) is 7.12. The van der Waals surface area contributed by atoms with Crippen molar-refractivity contribution in [3.63, 3.8) is 0 Å². The second-order valence-electron chi connectivity index (χ2n) is 5.35. The maximum absolute atomic E-state index is 11.7. The molecule has 1 aliphatic rings. The van der Waals surface area contributed by atoms with E-state index in [1.54, 1.807) is 0 Å². The quantitative estimate of drug-likeness (QED) is 0.579. The van der Waals surface area contributed by atoms with Gasteiger partial charge in [-0.05, 0) is 32.6 Å². The SMILES string of the molecule is C#CCNC(=O)C(C)N[C@H](C)C1CCCCCC1. The molecule has 1 unspecified atom stereocenters. The van der Waals surface area contributed by atoms with Crippen LogP contribution in [-0.4, -0.2) is 24.5 Å². The number of carbonyl (C=O) groups excluding carboxylic acids is 1. The molecule has 0 radical (unpaired) electrons.